The van der Waals surface area contributed by atoms with Crippen molar-refractivity contribution in [2.75, 3.05) is 18.4 Å². The minimum Gasteiger partial charge on any atom is -0.348 e. The number of thiocarbonyl (C=S) groups is 1. The Labute approximate surface area is 162 Å². The summed E-state index contributed by atoms with van der Waals surface area (Å²) in [5, 5.41) is 8.89. The summed E-state index contributed by atoms with van der Waals surface area (Å²) in [5.74, 6) is 0.650. The van der Waals surface area contributed by atoms with Crippen LogP contribution in [0.1, 0.15) is 18.0 Å². The average Bonchev–Trinajstić information content (AvgIpc) is 2.62. The topological polar surface area (TPSA) is 97.4 Å². The zero-order valence-corrected chi connectivity index (χ0v) is 16.2. The van der Waals surface area contributed by atoms with Gasteiger partial charge >= 0.3 is 0 Å². The molecule has 2 aliphatic heterocycles. The predicted molar refractivity (Wildman–Crippen MR) is 107 cm³/mol. The van der Waals surface area contributed by atoms with Crippen LogP contribution in [0, 0.1) is 5.92 Å². The number of primary sulfonamides is 1. The molecule has 0 aliphatic carbocycles. The Morgan fingerprint density at radius 2 is 1.85 bits per heavy atom. The Morgan fingerprint density at radius 1 is 1.11 bits per heavy atom. The van der Waals surface area contributed by atoms with Crippen LogP contribution in [0.3, 0.4) is 0 Å². The number of piperidine rings is 1. The molecule has 0 saturated carbocycles. The van der Waals surface area contributed by atoms with Gasteiger partial charge in [-0.25, -0.2) is 13.6 Å². The SMILES string of the molecule is NS(=O)(=O)c1ccc(NC(=S)N2C[C@H]3C[C@@H](C2)c2cccc(=O)n2C3)cc1. The summed E-state index contributed by atoms with van der Waals surface area (Å²) in [7, 11) is -3.71. The number of aromatic nitrogens is 1. The second kappa shape index (κ2) is 6.74. The normalized spacial score (nSPS) is 21.4. The van der Waals surface area contributed by atoms with Crippen molar-refractivity contribution in [3.8, 4) is 0 Å². The number of sulfonamides is 1. The molecule has 2 aliphatic rings. The molecule has 7 nitrogen and oxygen atoms in total. The van der Waals surface area contributed by atoms with Crippen molar-refractivity contribution >= 4 is 33.0 Å². The molecule has 2 bridgehead atoms. The lowest BCUT2D eigenvalue weighted by Gasteiger charge is -2.43. The van der Waals surface area contributed by atoms with Crippen LogP contribution in [0.25, 0.3) is 0 Å². The van der Waals surface area contributed by atoms with Gasteiger partial charge in [0.2, 0.25) is 10.0 Å². The van der Waals surface area contributed by atoms with Crippen LogP contribution >= 0.6 is 12.2 Å². The summed E-state index contributed by atoms with van der Waals surface area (Å²) in [5.41, 5.74) is 1.84. The van der Waals surface area contributed by atoms with Gasteiger partial charge in [0.15, 0.2) is 5.11 Å². The number of nitrogens with two attached hydrogens (primary N) is 1. The number of hydrogen-bond acceptors (Lipinski definition) is 4. The van der Waals surface area contributed by atoms with Gasteiger partial charge in [0, 0.05) is 43.0 Å². The van der Waals surface area contributed by atoms with E-state index in [-0.39, 0.29) is 16.4 Å². The predicted octanol–water partition coefficient (Wildman–Crippen LogP) is 1.31. The van der Waals surface area contributed by atoms with Gasteiger partial charge < -0.3 is 14.8 Å². The second-order valence-electron chi connectivity index (χ2n) is 7.10. The highest BCUT2D eigenvalue weighted by Gasteiger charge is 2.35. The first kappa shape index (κ1) is 18.1. The van der Waals surface area contributed by atoms with E-state index in [2.05, 4.69) is 10.2 Å². The van der Waals surface area contributed by atoms with E-state index in [0.717, 1.165) is 25.2 Å². The van der Waals surface area contributed by atoms with Crippen molar-refractivity contribution in [1.82, 2.24) is 9.47 Å². The average molecular weight is 405 g/mol. The lowest BCUT2D eigenvalue weighted by atomic mass is 9.83. The largest absolute Gasteiger partial charge is 0.348 e. The molecule has 0 spiro atoms. The summed E-state index contributed by atoms with van der Waals surface area (Å²) in [4.78, 5) is 14.3. The fourth-order valence-electron chi connectivity index (χ4n) is 3.99. The van der Waals surface area contributed by atoms with Gasteiger partial charge in [-0.2, -0.15) is 0 Å². The van der Waals surface area contributed by atoms with Crippen LogP contribution in [0.4, 0.5) is 5.69 Å². The van der Waals surface area contributed by atoms with E-state index in [1.807, 2.05) is 16.7 Å². The monoisotopic (exact) mass is 404 g/mol. The van der Waals surface area contributed by atoms with Gasteiger partial charge in [-0.1, -0.05) is 6.07 Å². The molecule has 9 heteroatoms. The molecule has 0 unspecified atom stereocenters. The van der Waals surface area contributed by atoms with Gasteiger partial charge in [0.05, 0.1) is 4.90 Å². The molecule has 0 radical (unpaired) electrons. The standard InChI is InChI=1S/C18H20N4O3S2/c19-27(24,25)15-6-4-14(5-7-15)20-18(26)21-9-12-8-13(11-21)16-2-1-3-17(23)22(16)10-12/h1-7,12-13H,8-11H2,(H,20,26)(H2,19,24,25)/t12-,13+/m1/s1. The third kappa shape index (κ3) is 3.62. The van der Waals surface area contributed by atoms with Crippen LogP contribution in [-0.4, -0.2) is 36.1 Å². The molecule has 1 saturated heterocycles. The molecule has 27 heavy (non-hydrogen) atoms. The van der Waals surface area contributed by atoms with Crippen LogP contribution < -0.4 is 16.0 Å². The first-order valence-corrected chi connectivity index (χ1v) is 10.7. The minimum atomic E-state index is -3.71. The van der Waals surface area contributed by atoms with E-state index in [0.29, 0.717) is 23.3 Å². The van der Waals surface area contributed by atoms with Crippen LogP contribution in [0.5, 0.6) is 0 Å². The van der Waals surface area contributed by atoms with Gasteiger partial charge in [0.1, 0.15) is 0 Å². The number of nitrogens with one attached hydrogen (secondary N) is 1. The number of pyridine rings is 1. The highest BCUT2D eigenvalue weighted by Crippen LogP contribution is 2.35. The van der Waals surface area contributed by atoms with Crippen molar-refractivity contribution in [1.29, 1.82) is 0 Å². The van der Waals surface area contributed by atoms with E-state index in [1.165, 1.54) is 12.1 Å². The maximum atomic E-state index is 12.1. The third-order valence-electron chi connectivity index (χ3n) is 5.20. The quantitative estimate of drug-likeness (QED) is 0.733. The van der Waals surface area contributed by atoms with Gasteiger partial charge in [-0.05, 0) is 54.9 Å². The van der Waals surface area contributed by atoms with E-state index in [4.69, 9.17) is 17.4 Å². The maximum Gasteiger partial charge on any atom is 0.250 e. The summed E-state index contributed by atoms with van der Waals surface area (Å²) in [6.07, 6.45) is 1.06. The molecular formula is C18H20N4O3S2. The van der Waals surface area contributed by atoms with Gasteiger partial charge in [0.25, 0.3) is 5.56 Å². The zero-order chi connectivity index (χ0) is 19.2. The number of rotatable bonds is 2. The van der Waals surface area contributed by atoms with Gasteiger partial charge in [-0.3, -0.25) is 4.79 Å². The molecule has 3 N–H and O–H groups in total. The second-order valence-corrected chi connectivity index (χ2v) is 9.05. The van der Waals surface area contributed by atoms with E-state index >= 15 is 0 Å². The molecule has 142 valence electrons. The molecule has 2 atom stereocenters. The number of fused-ring (bicyclic) bond motifs is 4. The number of anilines is 1. The summed E-state index contributed by atoms with van der Waals surface area (Å²) < 4.78 is 24.6. The highest BCUT2D eigenvalue weighted by molar-refractivity contribution is 7.89. The Kier molecular flexibility index (Phi) is 4.53. The van der Waals surface area contributed by atoms with Crippen molar-refractivity contribution in [3.05, 3.63) is 58.5 Å². The first-order chi connectivity index (χ1) is 12.8. The van der Waals surface area contributed by atoms with Crippen LogP contribution in [-0.2, 0) is 16.6 Å². The molecule has 1 aromatic heterocycles. The molecule has 1 aromatic carbocycles. The van der Waals surface area contributed by atoms with Crippen molar-refractivity contribution < 1.29 is 8.42 Å². The fraction of sp³-hybridized carbons (Fsp3) is 0.333. The minimum absolute atomic E-state index is 0.0614. The van der Waals surface area contributed by atoms with Gasteiger partial charge in [-0.15, -0.1) is 0 Å². The lowest BCUT2D eigenvalue weighted by Crippen LogP contribution is -2.50. The Balaban J connectivity index is 1.49. The van der Waals surface area contributed by atoms with E-state index < -0.39 is 10.0 Å². The summed E-state index contributed by atoms with van der Waals surface area (Å²) >= 11 is 5.57. The van der Waals surface area contributed by atoms with Crippen LogP contribution in [0.2, 0.25) is 0 Å². The van der Waals surface area contributed by atoms with Crippen LogP contribution in [0.15, 0.2) is 52.2 Å². The van der Waals surface area contributed by atoms with Crippen molar-refractivity contribution in [3.63, 3.8) is 0 Å². The molecular weight excluding hydrogens is 384 g/mol. The van der Waals surface area contributed by atoms with E-state index in [9.17, 15) is 13.2 Å². The molecule has 4 rings (SSSR count). The Hall–Kier alpha value is -2.23. The number of likely N-dealkylation sites (tertiary alicyclic amines) is 1. The number of nitrogens with zero attached hydrogens (tertiary/aromatic N) is 2. The molecule has 3 heterocycles. The smallest absolute Gasteiger partial charge is 0.250 e. The van der Waals surface area contributed by atoms with Crippen molar-refractivity contribution in [2.45, 2.75) is 23.8 Å². The summed E-state index contributed by atoms with van der Waals surface area (Å²) in [6.45, 7) is 2.26. The fourth-order valence-corrected chi connectivity index (χ4v) is 4.78. The molecule has 0 amide bonds. The number of hydrogen-bond donors (Lipinski definition) is 2. The first-order valence-electron chi connectivity index (χ1n) is 8.70. The molecule has 2 aromatic rings. The van der Waals surface area contributed by atoms with Crippen molar-refractivity contribution in [2.24, 2.45) is 11.1 Å². The summed E-state index contributed by atoms with van der Waals surface area (Å²) in [6, 6.07) is 11.6. The zero-order valence-electron chi connectivity index (χ0n) is 14.5. The lowest BCUT2D eigenvalue weighted by molar-refractivity contribution is 0.180. The Morgan fingerprint density at radius 3 is 2.56 bits per heavy atom. The molecule has 1 fully saturated rings. The number of benzene rings is 1. The highest BCUT2D eigenvalue weighted by atomic mass is 32.2. The maximum absolute atomic E-state index is 12.1. The van der Waals surface area contributed by atoms with E-state index in [1.54, 1.807) is 18.2 Å². The third-order valence-corrected chi connectivity index (χ3v) is 6.49. The Bertz CT molecular complexity index is 1050.